The third-order valence-corrected chi connectivity index (χ3v) is 1.54. The van der Waals surface area contributed by atoms with Gasteiger partial charge in [0, 0.05) is 0 Å². The van der Waals surface area contributed by atoms with E-state index in [1.54, 1.807) is 0 Å². The monoisotopic (exact) mass is 192 g/mol. The second kappa shape index (κ2) is 3.20. The van der Waals surface area contributed by atoms with Crippen LogP contribution in [0.15, 0.2) is 6.20 Å². The summed E-state index contributed by atoms with van der Waals surface area (Å²) < 4.78 is 36.7. The van der Waals surface area contributed by atoms with Crippen molar-refractivity contribution >= 4 is 6.29 Å². The number of aldehydes is 1. The molecule has 1 aromatic rings. The fraction of sp³-hybridized carbons (Fsp3) is 0.429. The molecule has 0 saturated heterocycles. The summed E-state index contributed by atoms with van der Waals surface area (Å²) in [7, 11) is 0. The lowest BCUT2D eigenvalue weighted by Gasteiger charge is -2.09. The minimum absolute atomic E-state index is 0.0603. The zero-order valence-electron chi connectivity index (χ0n) is 6.80. The zero-order chi connectivity index (χ0) is 10.1. The summed E-state index contributed by atoms with van der Waals surface area (Å²) in [6.45, 7) is 0.242. The number of halogens is 3. The quantitative estimate of drug-likeness (QED) is 0.666. The van der Waals surface area contributed by atoms with Gasteiger partial charge in [0.2, 0.25) is 0 Å². The molecule has 72 valence electrons. The molecule has 0 unspecified atom stereocenters. The van der Waals surface area contributed by atoms with E-state index in [0.29, 0.717) is 6.29 Å². The van der Waals surface area contributed by atoms with Crippen LogP contribution < -0.4 is 0 Å². The van der Waals surface area contributed by atoms with Crippen LogP contribution in [-0.4, -0.2) is 22.0 Å². The first kappa shape index (κ1) is 9.76. The molecular weight excluding hydrogens is 185 g/mol. The van der Waals surface area contributed by atoms with E-state index in [-0.39, 0.29) is 11.5 Å². The topological polar surface area (TPSA) is 34.9 Å². The summed E-state index contributed by atoms with van der Waals surface area (Å²) in [6, 6.07) is 0. The number of rotatable bonds is 2. The van der Waals surface area contributed by atoms with Gasteiger partial charge >= 0.3 is 6.18 Å². The number of hydrogen-bond acceptors (Lipinski definition) is 2. The molecule has 1 heterocycles. The highest BCUT2D eigenvalue weighted by atomic mass is 19.4. The molecule has 0 bridgehead atoms. The second-order valence-corrected chi connectivity index (χ2v) is 2.55. The maximum absolute atomic E-state index is 12.0. The zero-order valence-corrected chi connectivity index (χ0v) is 6.80. The van der Waals surface area contributed by atoms with Gasteiger partial charge in [-0.3, -0.25) is 4.79 Å². The minimum atomic E-state index is -4.33. The Morgan fingerprint density at radius 1 is 1.62 bits per heavy atom. The standard InChI is InChI=1S/C7H7F3N2O/c1-5-11-2-6(3-13)12(5)4-7(8,9)10/h2-3H,4H2,1H3. The number of carbonyl (C=O) groups is 1. The Morgan fingerprint density at radius 2 is 2.23 bits per heavy atom. The summed E-state index contributed by atoms with van der Waals surface area (Å²) in [5, 5.41) is 0. The molecule has 1 aromatic heterocycles. The maximum Gasteiger partial charge on any atom is 0.406 e. The lowest BCUT2D eigenvalue weighted by molar-refractivity contribution is -0.141. The van der Waals surface area contributed by atoms with Crippen LogP contribution in [0.1, 0.15) is 16.3 Å². The Balaban J connectivity index is 2.98. The first-order chi connectivity index (χ1) is 5.94. The third kappa shape index (κ3) is 2.30. The van der Waals surface area contributed by atoms with Crippen LogP contribution in [0.5, 0.6) is 0 Å². The first-order valence-electron chi connectivity index (χ1n) is 3.48. The first-order valence-corrected chi connectivity index (χ1v) is 3.48. The highest BCUT2D eigenvalue weighted by Crippen LogP contribution is 2.19. The van der Waals surface area contributed by atoms with Gasteiger partial charge in [-0.25, -0.2) is 4.98 Å². The van der Waals surface area contributed by atoms with E-state index in [0.717, 1.165) is 10.8 Å². The van der Waals surface area contributed by atoms with Crippen molar-refractivity contribution in [3.63, 3.8) is 0 Å². The van der Waals surface area contributed by atoms with E-state index < -0.39 is 12.7 Å². The molecule has 0 aliphatic carbocycles. The van der Waals surface area contributed by atoms with E-state index in [1.165, 1.54) is 6.92 Å². The average molecular weight is 192 g/mol. The van der Waals surface area contributed by atoms with Gasteiger partial charge < -0.3 is 4.57 Å². The van der Waals surface area contributed by atoms with Crippen molar-refractivity contribution < 1.29 is 18.0 Å². The Morgan fingerprint density at radius 3 is 2.69 bits per heavy atom. The van der Waals surface area contributed by atoms with Gasteiger partial charge in [-0.15, -0.1) is 0 Å². The lowest BCUT2D eigenvalue weighted by Crippen LogP contribution is -2.20. The van der Waals surface area contributed by atoms with E-state index in [4.69, 9.17) is 0 Å². The van der Waals surface area contributed by atoms with Crippen molar-refractivity contribution in [3.05, 3.63) is 17.7 Å². The Bertz CT molecular complexity index is 316. The lowest BCUT2D eigenvalue weighted by atomic mass is 10.5. The Hall–Kier alpha value is -1.33. The molecule has 3 nitrogen and oxygen atoms in total. The second-order valence-electron chi connectivity index (χ2n) is 2.55. The van der Waals surface area contributed by atoms with Crippen LogP contribution in [-0.2, 0) is 6.54 Å². The van der Waals surface area contributed by atoms with E-state index >= 15 is 0 Å². The fourth-order valence-electron chi connectivity index (χ4n) is 0.965. The molecule has 0 aliphatic heterocycles. The molecule has 1 rings (SSSR count). The average Bonchev–Trinajstić information content (AvgIpc) is 2.30. The fourth-order valence-corrected chi connectivity index (χ4v) is 0.965. The molecule has 0 radical (unpaired) electrons. The van der Waals surface area contributed by atoms with E-state index in [9.17, 15) is 18.0 Å². The van der Waals surface area contributed by atoms with Crippen LogP contribution >= 0.6 is 0 Å². The summed E-state index contributed by atoms with van der Waals surface area (Å²) in [4.78, 5) is 13.9. The van der Waals surface area contributed by atoms with Gasteiger partial charge in [-0.05, 0) is 6.92 Å². The molecule has 0 aliphatic rings. The molecular formula is C7H7F3N2O. The van der Waals surface area contributed by atoms with E-state index in [2.05, 4.69) is 4.98 Å². The molecule has 0 N–H and O–H groups in total. The number of carbonyl (C=O) groups excluding carboxylic acids is 1. The summed E-state index contributed by atoms with van der Waals surface area (Å²) in [5.74, 6) is 0.180. The molecule has 0 amide bonds. The molecule has 0 spiro atoms. The van der Waals surface area contributed by atoms with Crippen molar-refractivity contribution in [2.45, 2.75) is 19.6 Å². The number of hydrogen-bond donors (Lipinski definition) is 0. The summed E-state index contributed by atoms with van der Waals surface area (Å²) >= 11 is 0. The predicted molar refractivity (Wildman–Crippen MR) is 38.4 cm³/mol. The number of aryl methyl sites for hydroxylation is 1. The van der Waals surface area contributed by atoms with Gasteiger partial charge in [0.25, 0.3) is 0 Å². The molecule has 6 heteroatoms. The number of alkyl halides is 3. The molecule has 0 atom stereocenters. The largest absolute Gasteiger partial charge is 0.406 e. The van der Waals surface area contributed by atoms with Crippen molar-refractivity contribution in [1.29, 1.82) is 0 Å². The smallest absolute Gasteiger partial charge is 0.317 e. The van der Waals surface area contributed by atoms with Crippen LogP contribution in [0.4, 0.5) is 13.2 Å². The minimum Gasteiger partial charge on any atom is -0.317 e. The van der Waals surface area contributed by atoms with Gasteiger partial charge in [0.1, 0.15) is 18.1 Å². The van der Waals surface area contributed by atoms with Gasteiger partial charge in [0.05, 0.1) is 6.20 Å². The van der Waals surface area contributed by atoms with Crippen LogP contribution in [0.3, 0.4) is 0 Å². The highest BCUT2D eigenvalue weighted by molar-refractivity contribution is 5.71. The predicted octanol–water partition coefficient (Wildman–Crippen LogP) is 1.57. The molecule has 13 heavy (non-hydrogen) atoms. The maximum atomic E-state index is 12.0. The third-order valence-electron chi connectivity index (χ3n) is 1.54. The molecule has 0 saturated carbocycles. The van der Waals surface area contributed by atoms with Gasteiger partial charge in [-0.2, -0.15) is 13.2 Å². The number of imidazole rings is 1. The van der Waals surface area contributed by atoms with E-state index in [1.807, 2.05) is 0 Å². The van der Waals surface area contributed by atoms with Crippen LogP contribution in [0.2, 0.25) is 0 Å². The highest BCUT2D eigenvalue weighted by Gasteiger charge is 2.29. The Kier molecular flexibility index (Phi) is 2.40. The number of nitrogens with zero attached hydrogens (tertiary/aromatic N) is 2. The summed E-state index contributed by atoms with van der Waals surface area (Å²) in [6.07, 6.45) is -2.86. The van der Waals surface area contributed by atoms with Crippen molar-refractivity contribution in [2.24, 2.45) is 0 Å². The summed E-state index contributed by atoms with van der Waals surface area (Å²) in [5.41, 5.74) is -0.0603. The van der Waals surface area contributed by atoms with Crippen molar-refractivity contribution in [2.75, 3.05) is 0 Å². The molecule has 0 aromatic carbocycles. The van der Waals surface area contributed by atoms with Gasteiger partial charge in [-0.1, -0.05) is 0 Å². The SMILES string of the molecule is Cc1ncc(C=O)n1CC(F)(F)F. The molecule has 0 fully saturated rings. The van der Waals surface area contributed by atoms with Crippen LogP contribution in [0, 0.1) is 6.92 Å². The number of aromatic nitrogens is 2. The van der Waals surface area contributed by atoms with Crippen molar-refractivity contribution in [1.82, 2.24) is 9.55 Å². The normalized spacial score (nSPS) is 11.7. The van der Waals surface area contributed by atoms with Gasteiger partial charge in [0.15, 0.2) is 6.29 Å². The van der Waals surface area contributed by atoms with Crippen molar-refractivity contribution in [3.8, 4) is 0 Å². The Labute approximate surface area is 72.2 Å². The van der Waals surface area contributed by atoms with Crippen LogP contribution in [0.25, 0.3) is 0 Å².